The Morgan fingerprint density at radius 3 is 1.74 bits per heavy atom. The van der Waals surface area contributed by atoms with Crippen molar-refractivity contribution in [3.8, 4) is 0 Å². The predicted molar refractivity (Wildman–Crippen MR) is 96.2 cm³/mol. The van der Waals surface area contributed by atoms with E-state index in [-0.39, 0.29) is 6.42 Å². The van der Waals surface area contributed by atoms with E-state index in [9.17, 15) is 22.8 Å². The van der Waals surface area contributed by atoms with E-state index in [1.807, 2.05) is 0 Å². The number of hydrogen-bond donors (Lipinski definition) is 1. The van der Waals surface area contributed by atoms with Gasteiger partial charge in [0.2, 0.25) is 0 Å². The first kappa shape index (κ1) is 24.8. The number of carbonyl (C=O) groups is 3. The molecule has 3 atom stereocenters. The number of rotatable bonds is 11. The van der Waals surface area contributed by atoms with Crippen LogP contribution >= 0.6 is 0 Å². The number of hydrogen-bond acceptors (Lipinski definition) is 8. The molecule has 0 bridgehead atoms. The summed E-state index contributed by atoms with van der Waals surface area (Å²) in [5.41, 5.74) is -1.63. The van der Waals surface area contributed by atoms with Gasteiger partial charge < -0.3 is 14.2 Å². The SMILES string of the molecule is C=CC(=O)OC(C)C(CC)(C(=O)OCC(C)S(=O)(=O)O)C(C)OC(=O)C=C. The Labute approximate surface area is 159 Å². The summed E-state index contributed by atoms with van der Waals surface area (Å²) in [4.78, 5) is 36.0. The van der Waals surface area contributed by atoms with Crippen LogP contribution in [-0.4, -0.2) is 54.9 Å². The Balaban J connectivity index is 5.80. The van der Waals surface area contributed by atoms with Crippen molar-refractivity contribution < 1.29 is 41.6 Å². The lowest BCUT2D eigenvalue weighted by Crippen LogP contribution is -2.53. The van der Waals surface area contributed by atoms with Crippen LogP contribution in [0.4, 0.5) is 0 Å². The second-order valence-electron chi connectivity index (χ2n) is 5.88. The molecule has 0 aliphatic carbocycles. The third kappa shape index (κ3) is 6.47. The lowest BCUT2D eigenvalue weighted by atomic mass is 9.75. The van der Waals surface area contributed by atoms with Gasteiger partial charge in [0.25, 0.3) is 10.1 Å². The normalized spacial score (nSPS) is 16.8. The fourth-order valence-electron chi connectivity index (χ4n) is 2.45. The molecule has 1 N–H and O–H groups in total. The zero-order chi connectivity index (χ0) is 21.4. The molecule has 0 aromatic heterocycles. The molecule has 0 fully saturated rings. The first-order valence-corrected chi connectivity index (χ1v) is 9.66. The second-order valence-corrected chi connectivity index (χ2v) is 7.72. The Kier molecular flexibility index (Phi) is 9.38. The minimum atomic E-state index is -4.41. The van der Waals surface area contributed by atoms with Crippen LogP contribution in [0.3, 0.4) is 0 Å². The Bertz CT molecular complexity index is 653. The Hall–Kier alpha value is -2.20. The summed E-state index contributed by atoms with van der Waals surface area (Å²) >= 11 is 0. The van der Waals surface area contributed by atoms with Crippen LogP contribution in [0.15, 0.2) is 25.3 Å². The standard InChI is InChI=1S/C17H26O9S/c1-7-14(18)25-12(5)17(9-3,13(6)26-15(19)8-2)16(20)24-10-11(4)27(21,22)23/h7-8,11-13H,1-2,9-10H2,3-6H3,(H,21,22,23). The minimum absolute atomic E-state index is 0.0310. The number of carbonyl (C=O) groups excluding carboxylic acids is 3. The molecule has 0 spiro atoms. The van der Waals surface area contributed by atoms with E-state index in [1.54, 1.807) is 6.92 Å². The molecule has 0 aromatic rings. The van der Waals surface area contributed by atoms with E-state index in [4.69, 9.17) is 18.8 Å². The average Bonchev–Trinajstić information content (AvgIpc) is 2.59. The molecule has 0 aliphatic heterocycles. The smallest absolute Gasteiger partial charge is 0.330 e. The summed E-state index contributed by atoms with van der Waals surface area (Å²) in [5, 5.41) is -1.37. The van der Waals surface area contributed by atoms with Crippen LogP contribution in [0.25, 0.3) is 0 Å². The minimum Gasteiger partial charge on any atom is -0.464 e. The average molecular weight is 406 g/mol. The summed E-state index contributed by atoms with van der Waals surface area (Å²) in [5.74, 6) is -2.56. The molecular weight excluding hydrogens is 380 g/mol. The van der Waals surface area contributed by atoms with Crippen LogP contribution < -0.4 is 0 Å². The highest BCUT2D eigenvalue weighted by Gasteiger charge is 2.52. The van der Waals surface area contributed by atoms with Crippen LogP contribution in [0.5, 0.6) is 0 Å². The largest absolute Gasteiger partial charge is 0.464 e. The van der Waals surface area contributed by atoms with Crippen molar-refractivity contribution in [1.82, 2.24) is 0 Å². The van der Waals surface area contributed by atoms with Crippen molar-refractivity contribution in [3.63, 3.8) is 0 Å². The lowest BCUT2D eigenvalue weighted by Gasteiger charge is -2.39. The zero-order valence-electron chi connectivity index (χ0n) is 15.8. The molecule has 0 amide bonds. The topological polar surface area (TPSA) is 133 Å². The summed E-state index contributed by atoms with van der Waals surface area (Å²) in [7, 11) is -4.41. The van der Waals surface area contributed by atoms with Gasteiger partial charge in [-0.3, -0.25) is 9.35 Å². The maximum absolute atomic E-state index is 12.8. The summed E-state index contributed by atoms with van der Waals surface area (Å²) in [6, 6.07) is 0. The molecule has 3 unspecified atom stereocenters. The Morgan fingerprint density at radius 2 is 1.44 bits per heavy atom. The van der Waals surface area contributed by atoms with Gasteiger partial charge in [-0.25, -0.2) is 9.59 Å². The quantitative estimate of drug-likeness (QED) is 0.234. The zero-order valence-corrected chi connectivity index (χ0v) is 16.7. The molecule has 0 aromatic carbocycles. The van der Waals surface area contributed by atoms with Gasteiger partial charge in [-0.1, -0.05) is 20.1 Å². The second kappa shape index (κ2) is 10.2. The molecule has 0 saturated heterocycles. The van der Waals surface area contributed by atoms with Gasteiger partial charge in [0.1, 0.15) is 29.5 Å². The fourth-order valence-corrected chi connectivity index (χ4v) is 2.69. The fraction of sp³-hybridized carbons (Fsp3) is 0.588. The van der Waals surface area contributed by atoms with Crippen molar-refractivity contribution in [2.24, 2.45) is 5.41 Å². The van der Waals surface area contributed by atoms with Gasteiger partial charge in [-0.2, -0.15) is 8.42 Å². The molecule has 9 nitrogen and oxygen atoms in total. The van der Waals surface area contributed by atoms with Crippen molar-refractivity contribution in [3.05, 3.63) is 25.3 Å². The van der Waals surface area contributed by atoms with Crippen molar-refractivity contribution in [1.29, 1.82) is 0 Å². The van der Waals surface area contributed by atoms with Gasteiger partial charge in [0.05, 0.1) is 0 Å². The van der Waals surface area contributed by atoms with Crippen molar-refractivity contribution in [2.75, 3.05) is 6.61 Å². The first-order valence-electron chi connectivity index (χ1n) is 8.16. The van der Waals surface area contributed by atoms with E-state index in [0.717, 1.165) is 19.1 Å². The lowest BCUT2D eigenvalue weighted by molar-refractivity contribution is -0.187. The molecular formula is C17H26O9S. The molecule has 0 aliphatic rings. The van der Waals surface area contributed by atoms with Gasteiger partial charge >= 0.3 is 17.9 Å². The predicted octanol–water partition coefficient (Wildman–Crippen LogP) is 1.44. The molecule has 10 heteroatoms. The van der Waals surface area contributed by atoms with Crippen LogP contribution in [0.1, 0.15) is 34.1 Å². The number of esters is 3. The van der Waals surface area contributed by atoms with E-state index >= 15 is 0 Å². The van der Waals surface area contributed by atoms with Gasteiger partial charge in [-0.15, -0.1) is 0 Å². The van der Waals surface area contributed by atoms with E-state index in [2.05, 4.69) is 13.2 Å². The maximum Gasteiger partial charge on any atom is 0.330 e. The summed E-state index contributed by atoms with van der Waals surface area (Å²) < 4.78 is 46.5. The van der Waals surface area contributed by atoms with Crippen molar-refractivity contribution in [2.45, 2.75) is 51.6 Å². The molecule has 0 rings (SSSR count). The molecule has 27 heavy (non-hydrogen) atoms. The molecule has 154 valence electrons. The molecule has 0 saturated carbocycles. The molecule has 0 radical (unpaired) electrons. The highest BCUT2D eigenvalue weighted by atomic mass is 32.2. The van der Waals surface area contributed by atoms with Gasteiger partial charge in [0.15, 0.2) is 0 Å². The van der Waals surface area contributed by atoms with E-state index in [1.165, 1.54) is 13.8 Å². The van der Waals surface area contributed by atoms with Gasteiger partial charge in [-0.05, 0) is 27.2 Å². The highest BCUT2D eigenvalue weighted by molar-refractivity contribution is 7.86. The van der Waals surface area contributed by atoms with Crippen LogP contribution in [0.2, 0.25) is 0 Å². The maximum atomic E-state index is 12.8. The van der Waals surface area contributed by atoms with E-state index in [0.29, 0.717) is 0 Å². The van der Waals surface area contributed by atoms with E-state index < -0.39 is 57.5 Å². The van der Waals surface area contributed by atoms with Crippen LogP contribution in [-0.2, 0) is 38.7 Å². The Morgan fingerprint density at radius 1 is 1.04 bits per heavy atom. The monoisotopic (exact) mass is 406 g/mol. The summed E-state index contributed by atoms with van der Waals surface area (Å²) in [6.45, 7) is 11.5. The summed E-state index contributed by atoms with van der Waals surface area (Å²) in [6.07, 6.45) is -0.363. The third-order valence-electron chi connectivity index (χ3n) is 4.29. The van der Waals surface area contributed by atoms with Crippen LogP contribution in [0, 0.1) is 5.41 Å². The van der Waals surface area contributed by atoms with Gasteiger partial charge in [0, 0.05) is 12.2 Å². The third-order valence-corrected chi connectivity index (χ3v) is 5.45. The first-order chi connectivity index (χ1) is 12.4. The van der Waals surface area contributed by atoms with Crippen molar-refractivity contribution >= 4 is 28.0 Å². The molecule has 0 heterocycles. The number of ether oxygens (including phenoxy) is 3. The highest BCUT2D eigenvalue weighted by Crippen LogP contribution is 2.37.